The Hall–Kier alpha value is -1.88. The molecular formula is C14H11F4N. The Kier molecular flexibility index (Phi) is 3.85. The van der Waals surface area contributed by atoms with Crippen molar-refractivity contribution in [1.82, 2.24) is 5.32 Å². The molecule has 0 amide bonds. The summed E-state index contributed by atoms with van der Waals surface area (Å²) in [4.78, 5) is 0. The molecule has 1 N–H and O–H groups in total. The van der Waals surface area contributed by atoms with Crippen LogP contribution < -0.4 is 5.32 Å². The van der Waals surface area contributed by atoms with Crippen molar-refractivity contribution in [2.45, 2.75) is 6.54 Å². The fraction of sp³-hybridized carbons (Fsp3) is 0.143. The maximum absolute atomic E-state index is 13.7. The predicted octanol–water partition coefficient (Wildman–Crippen LogP) is 3.63. The number of halogens is 4. The third-order valence-corrected chi connectivity index (χ3v) is 2.74. The molecule has 100 valence electrons. The molecule has 0 heterocycles. The zero-order valence-electron chi connectivity index (χ0n) is 10.1. The molecule has 0 aromatic heterocycles. The van der Waals surface area contributed by atoms with Crippen molar-refractivity contribution >= 4 is 0 Å². The highest BCUT2D eigenvalue weighted by Gasteiger charge is 2.13. The average Bonchev–Trinajstić information content (AvgIpc) is 2.36. The highest BCUT2D eigenvalue weighted by atomic mass is 19.2. The molecule has 2 rings (SSSR count). The lowest BCUT2D eigenvalue weighted by molar-refractivity contribution is 0.496. The van der Waals surface area contributed by atoms with Gasteiger partial charge in [-0.15, -0.1) is 0 Å². The summed E-state index contributed by atoms with van der Waals surface area (Å²) in [5, 5.41) is 2.79. The lowest BCUT2D eigenvalue weighted by Gasteiger charge is -2.07. The first kappa shape index (κ1) is 13.5. The minimum absolute atomic E-state index is 0.161. The largest absolute Gasteiger partial charge is 0.316 e. The predicted molar refractivity (Wildman–Crippen MR) is 64.5 cm³/mol. The van der Waals surface area contributed by atoms with E-state index in [9.17, 15) is 17.6 Å². The summed E-state index contributed by atoms with van der Waals surface area (Å²) in [6.07, 6.45) is 0. The summed E-state index contributed by atoms with van der Waals surface area (Å²) < 4.78 is 53.2. The second-order valence-electron chi connectivity index (χ2n) is 4.08. The monoisotopic (exact) mass is 269 g/mol. The van der Waals surface area contributed by atoms with E-state index in [1.807, 2.05) is 0 Å². The number of nitrogens with one attached hydrogen (secondary N) is 1. The van der Waals surface area contributed by atoms with E-state index in [4.69, 9.17) is 0 Å². The molecule has 2 aromatic carbocycles. The van der Waals surface area contributed by atoms with Gasteiger partial charge in [0.2, 0.25) is 0 Å². The standard InChI is InChI=1S/C14H11F4N/c1-19-7-9-3-2-8(4-11(9)15)10-5-13(17)14(18)6-12(10)16/h2-6,19H,7H2,1H3. The molecule has 0 aliphatic heterocycles. The molecule has 0 spiro atoms. The van der Waals surface area contributed by atoms with Gasteiger partial charge >= 0.3 is 0 Å². The van der Waals surface area contributed by atoms with Gasteiger partial charge in [-0.05, 0) is 24.7 Å². The van der Waals surface area contributed by atoms with Crippen LogP contribution in [0.15, 0.2) is 30.3 Å². The van der Waals surface area contributed by atoms with Gasteiger partial charge < -0.3 is 5.32 Å². The summed E-state index contributed by atoms with van der Waals surface area (Å²) in [5.74, 6) is -3.90. The first-order valence-corrected chi connectivity index (χ1v) is 5.61. The second kappa shape index (κ2) is 5.40. The average molecular weight is 269 g/mol. The molecule has 0 aliphatic rings. The van der Waals surface area contributed by atoms with Gasteiger partial charge in [-0.3, -0.25) is 0 Å². The fourth-order valence-electron chi connectivity index (χ4n) is 1.79. The van der Waals surface area contributed by atoms with Crippen LogP contribution in [0.3, 0.4) is 0 Å². The molecule has 0 atom stereocenters. The maximum atomic E-state index is 13.7. The van der Waals surface area contributed by atoms with Crippen molar-refractivity contribution in [1.29, 1.82) is 0 Å². The van der Waals surface area contributed by atoms with Crippen LogP contribution in [0.4, 0.5) is 17.6 Å². The van der Waals surface area contributed by atoms with Crippen LogP contribution >= 0.6 is 0 Å². The zero-order valence-corrected chi connectivity index (χ0v) is 10.1. The van der Waals surface area contributed by atoms with E-state index in [2.05, 4.69) is 5.32 Å². The Morgan fingerprint density at radius 2 is 1.53 bits per heavy atom. The molecule has 0 bridgehead atoms. The third kappa shape index (κ3) is 2.76. The smallest absolute Gasteiger partial charge is 0.161 e. The normalized spacial score (nSPS) is 10.8. The van der Waals surface area contributed by atoms with Gasteiger partial charge in [0.1, 0.15) is 11.6 Å². The van der Waals surface area contributed by atoms with E-state index >= 15 is 0 Å². The third-order valence-electron chi connectivity index (χ3n) is 2.74. The van der Waals surface area contributed by atoms with Gasteiger partial charge in [0.15, 0.2) is 11.6 Å². The molecule has 1 nitrogen and oxygen atoms in total. The number of hydrogen-bond acceptors (Lipinski definition) is 1. The van der Waals surface area contributed by atoms with Crippen molar-refractivity contribution in [3.63, 3.8) is 0 Å². The van der Waals surface area contributed by atoms with Gasteiger partial charge in [0.05, 0.1) is 0 Å². The van der Waals surface area contributed by atoms with E-state index in [0.29, 0.717) is 18.2 Å². The van der Waals surface area contributed by atoms with Gasteiger partial charge in [0, 0.05) is 23.7 Å². The molecule has 0 aliphatic carbocycles. The maximum Gasteiger partial charge on any atom is 0.161 e. The van der Waals surface area contributed by atoms with Crippen LogP contribution in [0.25, 0.3) is 11.1 Å². The lowest BCUT2D eigenvalue weighted by Crippen LogP contribution is -2.07. The summed E-state index contributed by atoms with van der Waals surface area (Å²) >= 11 is 0. The topological polar surface area (TPSA) is 12.0 Å². The summed E-state index contributed by atoms with van der Waals surface area (Å²) in [7, 11) is 1.67. The fourth-order valence-corrected chi connectivity index (χ4v) is 1.79. The minimum Gasteiger partial charge on any atom is -0.316 e. The van der Waals surface area contributed by atoms with E-state index in [-0.39, 0.29) is 11.1 Å². The van der Waals surface area contributed by atoms with Crippen LogP contribution in [-0.2, 0) is 6.54 Å². The van der Waals surface area contributed by atoms with Gasteiger partial charge in [-0.2, -0.15) is 0 Å². The van der Waals surface area contributed by atoms with Crippen LogP contribution in [0, 0.1) is 23.3 Å². The second-order valence-corrected chi connectivity index (χ2v) is 4.08. The van der Waals surface area contributed by atoms with E-state index in [0.717, 1.165) is 12.1 Å². The number of rotatable bonds is 3. The van der Waals surface area contributed by atoms with Crippen LogP contribution in [-0.4, -0.2) is 7.05 Å². The first-order chi connectivity index (χ1) is 9.02. The van der Waals surface area contributed by atoms with E-state index in [1.54, 1.807) is 7.05 Å². The van der Waals surface area contributed by atoms with E-state index < -0.39 is 23.3 Å². The Morgan fingerprint density at radius 3 is 2.16 bits per heavy atom. The first-order valence-electron chi connectivity index (χ1n) is 5.61. The van der Waals surface area contributed by atoms with Crippen LogP contribution in [0.1, 0.15) is 5.56 Å². The SMILES string of the molecule is CNCc1ccc(-c2cc(F)c(F)cc2F)cc1F. The molecule has 5 heteroatoms. The Bertz CT molecular complexity index is 611. The Balaban J connectivity index is 2.48. The van der Waals surface area contributed by atoms with Crippen LogP contribution in [0.5, 0.6) is 0 Å². The van der Waals surface area contributed by atoms with Crippen LogP contribution in [0.2, 0.25) is 0 Å². The van der Waals surface area contributed by atoms with Gasteiger partial charge in [0.25, 0.3) is 0 Å². The van der Waals surface area contributed by atoms with Gasteiger partial charge in [-0.1, -0.05) is 12.1 Å². The molecule has 0 fully saturated rings. The lowest BCUT2D eigenvalue weighted by atomic mass is 10.0. The molecule has 2 aromatic rings. The number of benzene rings is 2. The van der Waals surface area contributed by atoms with Gasteiger partial charge in [-0.25, -0.2) is 17.6 Å². The molecular weight excluding hydrogens is 258 g/mol. The minimum atomic E-state index is -1.27. The molecule has 0 unspecified atom stereocenters. The molecule has 19 heavy (non-hydrogen) atoms. The van der Waals surface area contributed by atoms with Crippen molar-refractivity contribution in [2.75, 3.05) is 7.05 Å². The Morgan fingerprint density at radius 1 is 0.842 bits per heavy atom. The highest BCUT2D eigenvalue weighted by molar-refractivity contribution is 5.64. The number of hydrogen-bond donors (Lipinski definition) is 1. The van der Waals surface area contributed by atoms with E-state index in [1.165, 1.54) is 12.1 Å². The summed E-state index contributed by atoms with van der Waals surface area (Å²) in [5.41, 5.74) is 0.400. The van der Waals surface area contributed by atoms with Crippen molar-refractivity contribution in [2.24, 2.45) is 0 Å². The van der Waals surface area contributed by atoms with Crippen molar-refractivity contribution < 1.29 is 17.6 Å². The van der Waals surface area contributed by atoms with Crippen molar-refractivity contribution in [3.05, 3.63) is 59.2 Å². The van der Waals surface area contributed by atoms with Crippen molar-refractivity contribution in [3.8, 4) is 11.1 Å². The molecule has 0 saturated carbocycles. The summed E-state index contributed by atoms with van der Waals surface area (Å²) in [6.45, 7) is 0.326. The summed E-state index contributed by atoms with van der Waals surface area (Å²) in [6, 6.07) is 5.21. The quantitative estimate of drug-likeness (QED) is 0.662. The molecule has 0 saturated heterocycles. The molecule has 0 radical (unpaired) electrons. The zero-order chi connectivity index (χ0) is 14.0. The Labute approximate surface area is 107 Å². The highest BCUT2D eigenvalue weighted by Crippen LogP contribution is 2.26.